The van der Waals surface area contributed by atoms with Crippen molar-refractivity contribution in [3.8, 4) is 0 Å². The molecule has 3 nitrogen and oxygen atoms in total. The van der Waals surface area contributed by atoms with Crippen molar-refractivity contribution in [3.63, 3.8) is 0 Å². The topological polar surface area (TPSA) is 54.4 Å². The molecule has 90 valence electrons. The molecule has 17 heavy (non-hydrogen) atoms. The highest BCUT2D eigenvalue weighted by Gasteiger charge is 2.15. The number of rotatable bonds is 4. The maximum Gasteiger partial charge on any atom is 0.328 e. The summed E-state index contributed by atoms with van der Waals surface area (Å²) in [6.07, 6.45) is 2.07. The third-order valence-corrected chi connectivity index (χ3v) is 2.46. The summed E-state index contributed by atoms with van der Waals surface area (Å²) in [6.45, 7) is 1.65. The van der Waals surface area contributed by atoms with E-state index in [0.29, 0.717) is 0 Å². The van der Waals surface area contributed by atoms with Crippen molar-refractivity contribution < 1.29 is 19.1 Å². The summed E-state index contributed by atoms with van der Waals surface area (Å²) >= 11 is 3.13. The van der Waals surface area contributed by atoms with Crippen LogP contribution < -0.4 is 0 Å². The first-order chi connectivity index (χ1) is 7.91. The van der Waals surface area contributed by atoms with Crippen LogP contribution in [0.25, 0.3) is 6.08 Å². The molecule has 0 aliphatic rings. The van der Waals surface area contributed by atoms with E-state index >= 15 is 0 Å². The van der Waals surface area contributed by atoms with Gasteiger partial charge in [-0.05, 0) is 36.8 Å². The highest BCUT2D eigenvalue weighted by molar-refractivity contribution is 9.10. The van der Waals surface area contributed by atoms with E-state index in [1.54, 1.807) is 6.92 Å². The number of carbonyl (C=O) groups excluding carboxylic acids is 1. The summed E-state index contributed by atoms with van der Waals surface area (Å²) < 4.78 is 13.0. The molecule has 1 atom stereocenters. The molecule has 0 saturated carbocycles. The molecule has 0 radical (unpaired) electrons. The third kappa shape index (κ3) is 3.78. The maximum atomic E-state index is 13.0. The lowest BCUT2D eigenvalue weighted by Crippen LogP contribution is -2.11. The minimum atomic E-state index is -1.15. The Balaban J connectivity index is 3.21. The van der Waals surface area contributed by atoms with Gasteiger partial charge in [0.05, 0.1) is 4.83 Å². The minimum Gasteiger partial charge on any atom is -0.478 e. The summed E-state index contributed by atoms with van der Waals surface area (Å²) in [6, 6.07) is 3.64. The van der Waals surface area contributed by atoms with E-state index in [9.17, 15) is 14.0 Å². The van der Waals surface area contributed by atoms with Gasteiger partial charge in [0, 0.05) is 11.6 Å². The molecule has 0 aliphatic carbocycles. The Labute approximate surface area is 106 Å². The van der Waals surface area contributed by atoms with Crippen LogP contribution in [0.1, 0.15) is 22.8 Å². The summed E-state index contributed by atoms with van der Waals surface area (Å²) in [5.74, 6) is -1.90. The Morgan fingerprint density at radius 1 is 1.47 bits per heavy atom. The van der Waals surface area contributed by atoms with Crippen LogP contribution in [0.4, 0.5) is 4.39 Å². The molecule has 0 heterocycles. The van der Waals surface area contributed by atoms with Gasteiger partial charge < -0.3 is 5.11 Å². The van der Waals surface area contributed by atoms with Crippen LogP contribution in [-0.4, -0.2) is 21.7 Å². The summed E-state index contributed by atoms with van der Waals surface area (Å²) in [7, 11) is 0. The first-order valence-electron chi connectivity index (χ1n) is 4.80. The average molecular weight is 301 g/mol. The van der Waals surface area contributed by atoms with Gasteiger partial charge in [-0.25, -0.2) is 9.18 Å². The second kappa shape index (κ2) is 5.72. The Kier molecular flexibility index (Phi) is 4.57. The van der Waals surface area contributed by atoms with Gasteiger partial charge in [0.25, 0.3) is 0 Å². The van der Waals surface area contributed by atoms with Crippen LogP contribution in [0, 0.1) is 5.82 Å². The Hall–Kier alpha value is -1.49. The highest BCUT2D eigenvalue weighted by Crippen LogP contribution is 2.17. The zero-order valence-corrected chi connectivity index (χ0v) is 10.6. The first-order valence-corrected chi connectivity index (χ1v) is 5.72. The average Bonchev–Trinajstić information content (AvgIpc) is 2.25. The minimum absolute atomic E-state index is 0.227. The molecule has 0 fully saturated rings. The lowest BCUT2D eigenvalue weighted by molar-refractivity contribution is -0.131. The predicted molar refractivity (Wildman–Crippen MR) is 65.8 cm³/mol. The van der Waals surface area contributed by atoms with Crippen molar-refractivity contribution in [1.29, 1.82) is 0 Å². The molecule has 1 aromatic rings. The molecule has 1 unspecified atom stereocenters. The Morgan fingerprint density at radius 3 is 2.65 bits per heavy atom. The lowest BCUT2D eigenvalue weighted by atomic mass is 10.0. The first kappa shape index (κ1) is 13.6. The number of hydrogen-bond acceptors (Lipinski definition) is 2. The molecular weight excluding hydrogens is 291 g/mol. The van der Waals surface area contributed by atoms with Crippen LogP contribution >= 0.6 is 15.9 Å². The number of ketones is 1. The van der Waals surface area contributed by atoms with Crippen molar-refractivity contribution in [3.05, 3.63) is 41.2 Å². The van der Waals surface area contributed by atoms with Gasteiger partial charge in [0.15, 0.2) is 5.78 Å². The van der Waals surface area contributed by atoms with Crippen LogP contribution in [0.15, 0.2) is 24.3 Å². The predicted octanol–water partition coefficient (Wildman–Crippen LogP) is 2.89. The molecular formula is C12H10BrFO3. The molecule has 1 N–H and O–H groups in total. The van der Waals surface area contributed by atoms with Crippen molar-refractivity contribution in [1.82, 2.24) is 0 Å². The normalized spacial score (nSPS) is 12.6. The second-order valence-corrected chi connectivity index (χ2v) is 4.76. The highest BCUT2D eigenvalue weighted by atomic mass is 79.9. The molecule has 0 aliphatic heterocycles. The van der Waals surface area contributed by atoms with E-state index in [1.165, 1.54) is 18.2 Å². The summed E-state index contributed by atoms with van der Waals surface area (Å²) in [5.41, 5.74) is 0.539. The number of alkyl halides is 1. The molecule has 1 aromatic carbocycles. The SMILES string of the molecule is CC(Br)C(=O)c1ccc(F)cc1C=CC(=O)O. The molecule has 0 spiro atoms. The summed E-state index contributed by atoms with van der Waals surface area (Å²) in [4.78, 5) is 21.8. The maximum absolute atomic E-state index is 13.0. The lowest BCUT2D eigenvalue weighted by Gasteiger charge is -2.06. The number of carbonyl (C=O) groups is 2. The van der Waals surface area contributed by atoms with Crippen molar-refractivity contribution in [2.45, 2.75) is 11.8 Å². The van der Waals surface area contributed by atoms with Crippen LogP contribution in [-0.2, 0) is 4.79 Å². The Morgan fingerprint density at radius 2 is 2.12 bits per heavy atom. The molecule has 0 amide bonds. The molecule has 1 rings (SSSR count). The van der Waals surface area contributed by atoms with Gasteiger partial charge in [-0.2, -0.15) is 0 Å². The van der Waals surface area contributed by atoms with Crippen LogP contribution in [0.3, 0.4) is 0 Å². The van der Waals surface area contributed by atoms with Crippen molar-refractivity contribution >= 4 is 33.8 Å². The van der Waals surface area contributed by atoms with E-state index in [-0.39, 0.29) is 16.9 Å². The standard InChI is InChI=1S/C12H10BrFO3/c1-7(13)12(17)10-4-3-9(14)6-8(10)2-5-11(15)16/h2-7H,1H3,(H,15,16). The fraction of sp³-hybridized carbons (Fsp3) is 0.167. The van der Waals surface area contributed by atoms with E-state index in [4.69, 9.17) is 5.11 Å². The Bertz CT molecular complexity index is 481. The van der Waals surface area contributed by atoms with Gasteiger partial charge in [-0.3, -0.25) is 4.79 Å². The van der Waals surface area contributed by atoms with Crippen LogP contribution in [0.5, 0.6) is 0 Å². The fourth-order valence-corrected chi connectivity index (χ4v) is 1.52. The molecule has 0 bridgehead atoms. The number of hydrogen-bond donors (Lipinski definition) is 1. The number of benzene rings is 1. The molecule has 0 aromatic heterocycles. The van der Waals surface area contributed by atoms with E-state index in [1.807, 2.05) is 0 Å². The van der Waals surface area contributed by atoms with Crippen molar-refractivity contribution in [2.24, 2.45) is 0 Å². The zero-order valence-electron chi connectivity index (χ0n) is 8.98. The molecule has 5 heteroatoms. The fourth-order valence-electron chi connectivity index (χ4n) is 1.27. The number of aliphatic carboxylic acids is 1. The van der Waals surface area contributed by atoms with Gasteiger partial charge in [-0.1, -0.05) is 15.9 Å². The summed E-state index contributed by atoms with van der Waals surface area (Å²) in [5, 5.41) is 8.51. The monoisotopic (exact) mass is 300 g/mol. The second-order valence-electron chi connectivity index (χ2n) is 3.38. The van der Waals surface area contributed by atoms with Crippen LogP contribution in [0.2, 0.25) is 0 Å². The third-order valence-electron chi connectivity index (χ3n) is 2.05. The van der Waals surface area contributed by atoms with Gasteiger partial charge in [0.1, 0.15) is 5.82 Å². The van der Waals surface area contributed by atoms with Gasteiger partial charge >= 0.3 is 5.97 Å². The quantitative estimate of drug-likeness (QED) is 0.528. The zero-order chi connectivity index (χ0) is 13.0. The van der Waals surface area contributed by atoms with E-state index < -0.39 is 16.6 Å². The smallest absolute Gasteiger partial charge is 0.328 e. The van der Waals surface area contributed by atoms with Gasteiger partial charge in [-0.15, -0.1) is 0 Å². The number of Topliss-reactive ketones (excluding diaryl/α,β-unsaturated/α-hetero) is 1. The van der Waals surface area contributed by atoms with Crippen molar-refractivity contribution in [2.75, 3.05) is 0 Å². The largest absolute Gasteiger partial charge is 0.478 e. The number of carboxylic acid groups (broad SMARTS) is 1. The van der Waals surface area contributed by atoms with E-state index in [2.05, 4.69) is 15.9 Å². The number of halogens is 2. The van der Waals surface area contributed by atoms with E-state index in [0.717, 1.165) is 12.1 Å². The number of carboxylic acids is 1. The van der Waals surface area contributed by atoms with Gasteiger partial charge in [0.2, 0.25) is 0 Å². The molecule has 0 saturated heterocycles.